The molecule has 0 aromatic carbocycles. The largest absolute Gasteiger partial charge is 0.469 e. The van der Waals surface area contributed by atoms with Gasteiger partial charge >= 0.3 is 7.82 Å². The summed E-state index contributed by atoms with van der Waals surface area (Å²) in [5.74, 6) is -2.14. The maximum atomic E-state index is 10.4. The second-order valence-electron chi connectivity index (χ2n) is 3.46. The van der Waals surface area contributed by atoms with Crippen LogP contribution in [0.4, 0.5) is 0 Å². The zero-order chi connectivity index (χ0) is 12.6. The minimum Gasteiger partial charge on any atom is -0.391 e. The van der Waals surface area contributed by atoms with E-state index in [0.29, 0.717) is 0 Å². The molecule has 1 aliphatic rings. The molecule has 1 saturated heterocycles. The fourth-order valence-corrected chi connectivity index (χ4v) is 1.70. The summed E-state index contributed by atoms with van der Waals surface area (Å²) < 4.78 is 19.3. The van der Waals surface area contributed by atoms with Gasteiger partial charge in [0.15, 0.2) is 0 Å². The van der Waals surface area contributed by atoms with Crippen LogP contribution < -0.4 is 5.73 Å². The molecule has 1 heterocycles. The van der Waals surface area contributed by atoms with Crippen molar-refractivity contribution < 1.29 is 38.9 Å². The van der Waals surface area contributed by atoms with Gasteiger partial charge in [-0.25, -0.2) is 4.57 Å². The molecule has 0 saturated carbocycles. The van der Waals surface area contributed by atoms with Crippen LogP contribution in [0.15, 0.2) is 0 Å². The monoisotopic (exact) mass is 259 g/mol. The molecule has 0 aliphatic carbocycles. The Bertz CT molecular complexity index is 294. The standard InChI is InChI=1S/C6H14NO8P/c7-5-4(9)3(1-14-16(11,12)13)15-6(5,10)2-8/h3-5,8-10H,1-2,7H2,(H2,11,12,13)/t3-,4-,5+,6-/m1/s1. The Labute approximate surface area is 90.6 Å². The molecule has 9 nitrogen and oxygen atoms in total. The van der Waals surface area contributed by atoms with Crippen LogP contribution in [0.1, 0.15) is 0 Å². The van der Waals surface area contributed by atoms with Crippen molar-refractivity contribution >= 4 is 7.82 Å². The van der Waals surface area contributed by atoms with Gasteiger partial charge in [-0.1, -0.05) is 0 Å². The molecular formula is C6H14NO8P. The topological polar surface area (TPSA) is 163 Å². The lowest BCUT2D eigenvalue weighted by molar-refractivity contribution is -0.222. The van der Waals surface area contributed by atoms with E-state index < -0.39 is 45.1 Å². The summed E-state index contributed by atoms with van der Waals surface area (Å²) in [6, 6.07) is -1.29. The smallest absolute Gasteiger partial charge is 0.391 e. The Balaban J connectivity index is 2.61. The number of hydrogen-bond donors (Lipinski definition) is 6. The maximum absolute atomic E-state index is 10.4. The fraction of sp³-hybridized carbons (Fsp3) is 1.00. The van der Waals surface area contributed by atoms with Crippen LogP contribution in [0.5, 0.6) is 0 Å². The van der Waals surface area contributed by atoms with Gasteiger partial charge in [0.1, 0.15) is 12.2 Å². The molecule has 16 heavy (non-hydrogen) atoms. The molecule has 1 fully saturated rings. The third-order valence-corrected chi connectivity index (χ3v) is 2.74. The minimum atomic E-state index is -4.69. The average molecular weight is 259 g/mol. The first-order chi connectivity index (χ1) is 7.19. The molecule has 1 rings (SSSR count). The molecular weight excluding hydrogens is 245 g/mol. The van der Waals surface area contributed by atoms with Crippen molar-refractivity contribution in [2.45, 2.75) is 24.0 Å². The van der Waals surface area contributed by atoms with Gasteiger partial charge in [0, 0.05) is 0 Å². The van der Waals surface area contributed by atoms with E-state index in [1.165, 1.54) is 0 Å². The number of phosphoric acid groups is 1. The molecule has 0 aromatic heterocycles. The first kappa shape index (κ1) is 14.0. The lowest BCUT2D eigenvalue weighted by Crippen LogP contribution is -2.51. The first-order valence-corrected chi connectivity index (χ1v) is 5.87. The molecule has 96 valence electrons. The van der Waals surface area contributed by atoms with E-state index in [-0.39, 0.29) is 0 Å². The van der Waals surface area contributed by atoms with Crippen LogP contribution in [0, 0.1) is 0 Å². The van der Waals surface area contributed by atoms with Gasteiger partial charge in [-0.05, 0) is 0 Å². The minimum absolute atomic E-state index is 0.651. The van der Waals surface area contributed by atoms with Gasteiger partial charge in [0.25, 0.3) is 0 Å². The van der Waals surface area contributed by atoms with Crippen LogP contribution >= 0.6 is 7.82 Å². The van der Waals surface area contributed by atoms with E-state index in [4.69, 9.17) is 25.4 Å². The summed E-state index contributed by atoms with van der Waals surface area (Å²) in [4.78, 5) is 16.9. The van der Waals surface area contributed by atoms with E-state index in [1.807, 2.05) is 0 Å². The summed E-state index contributed by atoms with van der Waals surface area (Å²) in [6.45, 7) is -1.50. The Morgan fingerprint density at radius 2 is 2.06 bits per heavy atom. The quantitative estimate of drug-likeness (QED) is 0.286. The molecule has 10 heteroatoms. The van der Waals surface area contributed by atoms with Crippen molar-refractivity contribution in [1.29, 1.82) is 0 Å². The van der Waals surface area contributed by atoms with Crippen molar-refractivity contribution in [2.75, 3.05) is 13.2 Å². The summed E-state index contributed by atoms with van der Waals surface area (Å²) >= 11 is 0. The van der Waals surface area contributed by atoms with Crippen LogP contribution in [0.2, 0.25) is 0 Å². The van der Waals surface area contributed by atoms with Gasteiger partial charge in [-0.3, -0.25) is 4.52 Å². The molecule has 0 unspecified atom stereocenters. The van der Waals surface area contributed by atoms with Gasteiger partial charge in [0.2, 0.25) is 5.79 Å². The molecule has 1 aliphatic heterocycles. The van der Waals surface area contributed by atoms with Gasteiger partial charge in [-0.15, -0.1) is 0 Å². The highest BCUT2D eigenvalue weighted by molar-refractivity contribution is 7.46. The number of nitrogens with two attached hydrogens (primary N) is 1. The third kappa shape index (κ3) is 2.98. The van der Waals surface area contributed by atoms with Gasteiger partial charge < -0.3 is 35.6 Å². The second kappa shape index (κ2) is 4.65. The molecule has 0 aromatic rings. The lowest BCUT2D eigenvalue weighted by atomic mass is 10.0. The number of phosphoric ester groups is 1. The van der Waals surface area contributed by atoms with E-state index >= 15 is 0 Å². The lowest BCUT2D eigenvalue weighted by Gasteiger charge is -2.23. The molecule has 0 radical (unpaired) electrons. The zero-order valence-corrected chi connectivity index (χ0v) is 9.03. The zero-order valence-electron chi connectivity index (χ0n) is 8.13. The van der Waals surface area contributed by atoms with Crippen molar-refractivity contribution in [1.82, 2.24) is 0 Å². The number of aliphatic hydroxyl groups excluding tert-OH is 2. The van der Waals surface area contributed by atoms with Crippen LogP contribution in [0.3, 0.4) is 0 Å². The van der Waals surface area contributed by atoms with Crippen LogP contribution in [-0.2, 0) is 13.8 Å². The van der Waals surface area contributed by atoms with Crippen molar-refractivity contribution in [2.24, 2.45) is 5.73 Å². The molecule has 0 amide bonds. The summed E-state index contributed by atoms with van der Waals surface area (Å²) in [6.07, 6.45) is -2.62. The van der Waals surface area contributed by atoms with Crippen molar-refractivity contribution in [3.63, 3.8) is 0 Å². The highest BCUT2D eigenvalue weighted by Crippen LogP contribution is 2.37. The summed E-state index contributed by atoms with van der Waals surface area (Å²) in [5.41, 5.74) is 5.36. The van der Waals surface area contributed by atoms with Crippen LogP contribution in [-0.4, -0.2) is 62.4 Å². The number of aliphatic hydroxyl groups is 3. The Hall–Kier alpha value is -0.0900. The van der Waals surface area contributed by atoms with Crippen molar-refractivity contribution in [3.8, 4) is 0 Å². The van der Waals surface area contributed by atoms with Gasteiger partial charge in [0.05, 0.1) is 19.3 Å². The second-order valence-corrected chi connectivity index (χ2v) is 4.70. The van der Waals surface area contributed by atoms with E-state index in [9.17, 15) is 14.8 Å². The Morgan fingerprint density at radius 1 is 1.50 bits per heavy atom. The third-order valence-electron chi connectivity index (χ3n) is 2.26. The molecule has 7 N–H and O–H groups in total. The Kier molecular flexibility index (Phi) is 4.06. The number of ether oxygens (including phenoxy) is 1. The average Bonchev–Trinajstić information content (AvgIpc) is 2.40. The predicted molar refractivity (Wildman–Crippen MR) is 48.9 cm³/mol. The SMILES string of the molecule is N[C@H]1[C@H](O)[C@@H](COP(=O)(O)O)O[C@]1(O)CO. The van der Waals surface area contributed by atoms with E-state index in [0.717, 1.165) is 0 Å². The Morgan fingerprint density at radius 3 is 2.44 bits per heavy atom. The highest BCUT2D eigenvalue weighted by Gasteiger charge is 2.52. The van der Waals surface area contributed by atoms with Crippen LogP contribution in [0.25, 0.3) is 0 Å². The van der Waals surface area contributed by atoms with E-state index in [1.54, 1.807) is 0 Å². The number of rotatable bonds is 4. The number of hydrogen-bond acceptors (Lipinski definition) is 7. The van der Waals surface area contributed by atoms with Gasteiger partial charge in [-0.2, -0.15) is 0 Å². The molecule has 4 atom stereocenters. The molecule has 0 spiro atoms. The molecule has 0 bridgehead atoms. The fourth-order valence-electron chi connectivity index (χ4n) is 1.35. The summed E-state index contributed by atoms with van der Waals surface area (Å²) in [5, 5.41) is 27.8. The maximum Gasteiger partial charge on any atom is 0.469 e. The summed E-state index contributed by atoms with van der Waals surface area (Å²) in [7, 11) is -4.69. The normalized spacial score (nSPS) is 40.2. The first-order valence-electron chi connectivity index (χ1n) is 4.34. The van der Waals surface area contributed by atoms with E-state index in [2.05, 4.69) is 4.52 Å². The van der Waals surface area contributed by atoms with Crippen molar-refractivity contribution in [3.05, 3.63) is 0 Å². The highest BCUT2D eigenvalue weighted by atomic mass is 31.2. The predicted octanol–water partition coefficient (Wildman–Crippen LogP) is -3.14.